The number of likely N-dealkylation sites (tertiary alicyclic amines) is 1. The summed E-state index contributed by atoms with van der Waals surface area (Å²) in [5.74, 6) is 0.284. The molecule has 1 aromatic carbocycles. The maximum atomic E-state index is 14.9. The van der Waals surface area contributed by atoms with Gasteiger partial charge in [0, 0.05) is 31.3 Å². The molecule has 0 saturated carbocycles. The number of benzene rings is 1. The smallest absolute Gasteiger partial charge is 0.303 e. The third-order valence-electron chi connectivity index (χ3n) is 6.52. The van der Waals surface area contributed by atoms with E-state index >= 15 is 0 Å². The number of halogens is 5. The highest BCUT2D eigenvalue weighted by Gasteiger charge is 2.30. The molecule has 10 heteroatoms. The molecule has 1 aliphatic heterocycles. The summed E-state index contributed by atoms with van der Waals surface area (Å²) in [6.45, 7) is 4.82. The van der Waals surface area contributed by atoms with E-state index in [1.807, 2.05) is 26.0 Å². The molecule has 0 amide bonds. The lowest BCUT2D eigenvalue weighted by molar-refractivity contribution is -0.138. The van der Waals surface area contributed by atoms with E-state index in [1.54, 1.807) is 11.1 Å². The largest absolute Gasteiger partial charge is 0.390 e. The molecule has 1 aliphatic rings. The van der Waals surface area contributed by atoms with Crippen LogP contribution < -0.4 is 0 Å². The topological polar surface area (TPSA) is 57.7 Å². The van der Waals surface area contributed by atoms with E-state index in [0.717, 1.165) is 22.5 Å². The fourth-order valence-corrected chi connectivity index (χ4v) is 4.71. The lowest BCUT2D eigenvalue weighted by atomic mass is 9.86. The summed E-state index contributed by atoms with van der Waals surface area (Å²) >= 11 is 6.31. The predicted octanol–water partition coefficient (Wildman–Crippen LogP) is 5.92. The van der Waals surface area contributed by atoms with Crippen LogP contribution in [-0.4, -0.2) is 50.9 Å². The van der Waals surface area contributed by atoms with Crippen molar-refractivity contribution < 1.29 is 17.6 Å². The number of nitrogens with one attached hydrogen (secondary N) is 1. The van der Waals surface area contributed by atoms with Crippen molar-refractivity contribution in [2.75, 3.05) is 19.6 Å². The van der Waals surface area contributed by atoms with E-state index in [0.29, 0.717) is 60.9 Å². The molecule has 0 bridgehead atoms. The monoisotopic (exact) mass is 509 g/mol. The summed E-state index contributed by atoms with van der Waals surface area (Å²) in [7, 11) is 0. The Kier molecular flexibility index (Phi) is 7.76. The van der Waals surface area contributed by atoms with Crippen LogP contribution in [0.15, 0.2) is 24.4 Å². The van der Waals surface area contributed by atoms with E-state index < -0.39 is 12.6 Å². The molecule has 0 atom stereocenters. The second-order valence-electron chi connectivity index (χ2n) is 9.26. The molecule has 1 saturated heterocycles. The van der Waals surface area contributed by atoms with Crippen molar-refractivity contribution in [2.24, 2.45) is 0 Å². The zero-order chi connectivity index (χ0) is 25.2. The van der Waals surface area contributed by atoms with Crippen LogP contribution in [0.1, 0.15) is 64.8 Å². The number of rotatable bonds is 7. The number of aromatic amines is 1. The summed E-state index contributed by atoms with van der Waals surface area (Å²) in [6, 6.07) is 5.34. The van der Waals surface area contributed by atoms with Gasteiger partial charge in [-0.25, -0.2) is 14.4 Å². The van der Waals surface area contributed by atoms with Crippen LogP contribution in [0.4, 0.5) is 17.6 Å². The van der Waals surface area contributed by atoms with E-state index in [9.17, 15) is 17.6 Å². The maximum Gasteiger partial charge on any atom is 0.390 e. The van der Waals surface area contributed by atoms with E-state index in [2.05, 4.69) is 20.2 Å². The van der Waals surface area contributed by atoms with Gasteiger partial charge in [0.1, 0.15) is 11.6 Å². The first-order chi connectivity index (χ1) is 16.6. The van der Waals surface area contributed by atoms with Crippen molar-refractivity contribution in [3.63, 3.8) is 0 Å². The Bertz CT molecular complexity index is 1170. The van der Waals surface area contributed by atoms with Crippen LogP contribution in [0.2, 0.25) is 5.02 Å². The highest BCUT2D eigenvalue weighted by atomic mass is 35.5. The number of nitrogens with zero attached hydrogens (tertiary/aromatic N) is 4. The van der Waals surface area contributed by atoms with Gasteiger partial charge in [-0.2, -0.15) is 18.3 Å². The number of alkyl halides is 3. The number of hydrogen-bond donors (Lipinski definition) is 1. The van der Waals surface area contributed by atoms with Gasteiger partial charge >= 0.3 is 6.18 Å². The Hall–Kier alpha value is -2.52. The van der Waals surface area contributed by atoms with Gasteiger partial charge < -0.3 is 4.90 Å². The zero-order valence-electron chi connectivity index (χ0n) is 19.7. The standard InChI is InChI=1S/C25H28ClF4N5/c1-15-9-22(27)20(17-3-6-35(7-4-17)8-5-25(28,29)30)11-18(15)12-24-31-14-21(26)23(32-24)13-19-10-16(2)33-34-19/h9-11,14,17H,3-8,12-13H2,1-2H3,(H,33,34). The fourth-order valence-electron chi connectivity index (χ4n) is 4.55. The number of aryl methyl sites for hydroxylation is 2. The second kappa shape index (κ2) is 10.6. The summed E-state index contributed by atoms with van der Waals surface area (Å²) in [5.41, 5.74) is 4.79. The Morgan fingerprint density at radius 1 is 1.11 bits per heavy atom. The van der Waals surface area contributed by atoms with Crippen molar-refractivity contribution in [3.8, 4) is 0 Å². The van der Waals surface area contributed by atoms with E-state index in [4.69, 9.17) is 11.6 Å². The van der Waals surface area contributed by atoms with Gasteiger partial charge in [-0.1, -0.05) is 17.7 Å². The van der Waals surface area contributed by atoms with Gasteiger partial charge in [-0.15, -0.1) is 0 Å². The minimum absolute atomic E-state index is 0.00800. The van der Waals surface area contributed by atoms with Crippen LogP contribution in [0.5, 0.6) is 0 Å². The molecule has 1 fully saturated rings. The van der Waals surface area contributed by atoms with Crippen LogP contribution >= 0.6 is 11.6 Å². The maximum absolute atomic E-state index is 14.9. The summed E-state index contributed by atoms with van der Waals surface area (Å²) in [5, 5.41) is 7.60. The van der Waals surface area contributed by atoms with Crippen molar-refractivity contribution in [2.45, 2.75) is 58.0 Å². The van der Waals surface area contributed by atoms with Crippen molar-refractivity contribution in [3.05, 3.63) is 74.8 Å². The van der Waals surface area contributed by atoms with Gasteiger partial charge in [0.25, 0.3) is 0 Å². The van der Waals surface area contributed by atoms with Crippen LogP contribution in [0.25, 0.3) is 0 Å². The molecule has 0 radical (unpaired) electrons. The highest BCUT2D eigenvalue weighted by Crippen LogP contribution is 2.33. The van der Waals surface area contributed by atoms with Crippen LogP contribution in [0, 0.1) is 19.7 Å². The molecule has 35 heavy (non-hydrogen) atoms. The Labute approximate surface area is 206 Å². The minimum atomic E-state index is -4.16. The molecule has 2 aromatic heterocycles. The first-order valence-corrected chi connectivity index (χ1v) is 12.0. The predicted molar refractivity (Wildman–Crippen MR) is 126 cm³/mol. The fraction of sp³-hybridized carbons (Fsp3) is 0.480. The molecule has 3 heterocycles. The molecular formula is C25H28ClF4N5. The Morgan fingerprint density at radius 2 is 1.86 bits per heavy atom. The molecular weight excluding hydrogens is 482 g/mol. The summed E-state index contributed by atoms with van der Waals surface area (Å²) in [4.78, 5) is 10.8. The van der Waals surface area contributed by atoms with E-state index in [-0.39, 0.29) is 18.3 Å². The molecule has 3 aromatic rings. The third kappa shape index (κ3) is 6.79. The summed E-state index contributed by atoms with van der Waals surface area (Å²) in [6.07, 6.45) is -1.25. The van der Waals surface area contributed by atoms with Gasteiger partial charge in [-0.3, -0.25) is 5.10 Å². The molecule has 5 nitrogen and oxygen atoms in total. The van der Waals surface area contributed by atoms with Gasteiger partial charge in [0.15, 0.2) is 0 Å². The molecule has 188 valence electrons. The van der Waals surface area contributed by atoms with Crippen molar-refractivity contribution in [1.29, 1.82) is 0 Å². The molecule has 0 spiro atoms. The van der Waals surface area contributed by atoms with Crippen molar-refractivity contribution >= 4 is 11.6 Å². The molecule has 1 N–H and O–H groups in total. The number of aromatic nitrogens is 4. The van der Waals surface area contributed by atoms with Crippen molar-refractivity contribution in [1.82, 2.24) is 25.1 Å². The van der Waals surface area contributed by atoms with E-state index in [1.165, 1.54) is 6.07 Å². The number of piperidine rings is 1. The van der Waals surface area contributed by atoms with Gasteiger partial charge in [-0.05, 0) is 74.5 Å². The van der Waals surface area contributed by atoms with Gasteiger partial charge in [0.2, 0.25) is 0 Å². The minimum Gasteiger partial charge on any atom is -0.303 e. The zero-order valence-corrected chi connectivity index (χ0v) is 20.5. The second-order valence-corrected chi connectivity index (χ2v) is 9.67. The average molecular weight is 510 g/mol. The lowest BCUT2D eigenvalue weighted by Crippen LogP contribution is -2.35. The Morgan fingerprint density at radius 3 is 2.51 bits per heavy atom. The molecule has 4 rings (SSSR count). The quantitative estimate of drug-likeness (QED) is 0.401. The Balaban J connectivity index is 1.47. The number of hydrogen-bond acceptors (Lipinski definition) is 4. The van der Waals surface area contributed by atoms with Crippen LogP contribution in [-0.2, 0) is 12.8 Å². The highest BCUT2D eigenvalue weighted by molar-refractivity contribution is 6.31. The van der Waals surface area contributed by atoms with Gasteiger partial charge in [0.05, 0.1) is 22.8 Å². The SMILES string of the molecule is Cc1cc(Cc2nc(Cc3cc(C4CCN(CCC(F)(F)F)CC4)c(F)cc3C)ncc2Cl)n[nH]1. The number of H-pyrrole nitrogens is 1. The molecule has 0 unspecified atom stereocenters. The average Bonchev–Trinajstić information content (AvgIpc) is 3.21. The third-order valence-corrected chi connectivity index (χ3v) is 6.83. The first-order valence-electron chi connectivity index (χ1n) is 11.7. The lowest BCUT2D eigenvalue weighted by Gasteiger charge is -2.32. The summed E-state index contributed by atoms with van der Waals surface area (Å²) < 4.78 is 52.5. The normalized spacial score (nSPS) is 15.6. The first kappa shape index (κ1) is 25.6. The van der Waals surface area contributed by atoms with Crippen LogP contribution in [0.3, 0.4) is 0 Å². The molecule has 0 aliphatic carbocycles.